The highest BCUT2D eigenvalue weighted by molar-refractivity contribution is 9.10. The molecule has 6 heteroatoms. The molecule has 2 heterocycles. The largest absolute Gasteiger partial charge is 0.357 e. The summed E-state index contributed by atoms with van der Waals surface area (Å²) in [6.07, 6.45) is 3.42. The smallest absolute Gasteiger partial charge is 0.242 e. The summed E-state index contributed by atoms with van der Waals surface area (Å²) in [4.78, 5) is 15.7. The van der Waals surface area contributed by atoms with E-state index in [1.165, 1.54) is 0 Å². The molecule has 0 saturated carbocycles. The van der Waals surface area contributed by atoms with Gasteiger partial charge in [-0.05, 0) is 34.8 Å². The molecule has 2 rings (SSSR count). The van der Waals surface area contributed by atoms with Crippen LogP contribution in [0.15, 0.2) is 16.7 Å². The summed E-state index contributed by atoms with van der Waals surface area (Å²) in [5.41, 5.74) is 0. The average Bonchev–Trinajstić information content (AvgIpc) is 2.25. The Morgan fingerprint density at radius 1 is 1.62 bits per heavy atom. The lowest BCUT2D eigenvalue weighted by Crippen LogP contribution is -2.44. The van der Waals surface area contributed by atoms with Crippen LogP contribution in [0.1, 0.15) is 12.8 Å². The molecule has 0 spiro atoms. The maximum atomic E-state index is 11.5. The number of halogens is 2. The standard InChI is InChI=1S/C10H11BrClN3O/c11-6-4-7(12)9(14-5-6)15-8-2-1-3-13-10(8)16/h4-5,8H,1-3H2,(H,13,16)(H,14,15). The number of amides is 1. The number of aromatic nitrogens is 1. The number of carbonyl (C=O) groups excluding carboxylic acids is 1. The molecule has 86 valence electrons. The van der Waals surface area contributed by atoms with Crippen LogP contribution in [0.2, 0.25) is 5.02 Å². The summed E-state index contributed by atoms with van der Waals surface area (Å²) in [6, 6.07) is 1.51. The van der Waals surface area contributed by atoms with E-state index in [0.717, 1.165) is 23.9 Å². The Hall–Kier alpha value is -0.810. The first-order valence-corrected chi connectivity index (χ1v) is 6.19. The van der Waals surface area contributed by atoms with Crippen LogP contribution < -0.4 is 10.6 Å². The van der Waals surface area contributed by atoms with Crippen molar-refractivity contribution in [2.75, 3.05) is 11.9 Å². The number of anilines is 1. The molecule has 1 aliphatic heterocycles. The van der Waals surface area contributed by atoms with Gasteiger partial charge in [0.1, 0.15) is 11.9 Å². The van der Waals surface area contributed by atoms with Crippen LogP contribution in [0.5, 0.6) is 0 Å². The first kappa shape index (κ1) is 11.7. The summed E-state index contributed by atoms with van der Waals surface area (Å²) in [6.45, 7) is 0.749. The second-order valence-corrected chi connectivity index (χ2v) is 4.94. The molecule has 1 saturated heterocycles. The summed E-state index contributed by atoms with van der Waals surface area (Å²) in [5, 5.41) is 6.36. The zero-order valence-corrected chi connectivity index (χ0v) is 10.8. The van der Waals surface area contributed by atoms with Crippen LogP contribution in [0.25, 0.3) is 0 Å². The van der Waals surface area contributed by atoms with Crippen LogP contribution in [0.4, 0.5) is 5.82 Å². The van der Waals surface area contributed by atoms with E-state index in [0.29, 0.717) is 10.8 Å². The minimum atomic E-state index is -0.236. The van der Waals surface area contributed by atoms with E-state index in [1.54, 1.807) is 12.3 Å². The molecular formula is C10H11BrClN3O. The van der Waals surface area contributed by atoms with Crippen LogP contribution in [-0.2, 0) is 4.79 Å². The van der Waals surface area contributed by atoms with Crippen molar-refractivity contribution in [1.82, 2.24) is 10.3 Å². The van der Waals surface area contributed by atoms with Crippen molar-refractivity contribution in [3.05, 3.63) is 21.8 Å². The highest BCUT2D eigenvalue weighted by Crippen LogP contribution is 2.24. The average molecular weight is 305 g/mol. The molecule has 16 heavy (non-hydrogen) atoms. The van der Waals surface area contributed by atoms with Gasteiger partial charge in [-0.3, -0.25) is 4.79 Å². The van der Waals surface area contributed by atoms with Gasteiger partial charge in [0.15, 0.2) is 0 Å². The van der Waals surface area contributed by atoms with Crippen molar-refractivity contribution in [1.29, 1.82) is 0 Å². The molecule has 0 aromatic carbocycles. The second-order valence-electron chi connectivity index (χ2n) is 3.61. The number of nitrogens with zero attached hydrogens (tertiary/aromatic N) is 1. The first-order chi connectivity index (χ1) is 7.66. The summed E-state index contributed by atoms with van der Waals surface area (Å²) in [7, 11) is 0. The monoisotopic (exact) mass is 303 g/mol. The molecule has 1 aromatic rings. The first-order valence-electron chi connectivity index (χ1n) is 5.02. The number of hydrogen-bond donors (Lipinski definition) is 2. The number of nitrogens with one attached hydrogen (secondary N) is 2. The van der Waals surface area contributed by atoms with Crippen LogP contribution in [0, 0.1) is 0 Å². The molecule has 1 fully saturated rings. The predicted octanol–water partition coefficient (Wildman–Crippen LogP) is 2.19. The van der Waals surface area contributed by atoms with Gasteiger partial charge in [-0.1, -0.05) is 11.6 Å². The zero-order chi connectivity index (χ0) is 11.5. The normalized spacial score (nSPS) is 20.4. The fourth-order valence-electron chi connectivity index (χ4n) is 1.60. The number of hydrogen-bond acceptors (Lipinski definition) is 3. The summed E-state index contributed by atoms with van der Waals surface area (Å²) >= 11 is 9.29. The van der Waals surface area contributed by atoms with Crippen LogP contribution in [-0.4, -0.2) is 23.5 Å². The topological polar surface area (TPSA) is 54.0 Å². The lowest BCUT2D eigenvalue weighted by molar-refractivity contribution is -0.123. The Bertz CT molecular complexity index is 413. The summed E-state index contributed by atoms with van der Waals surface area (Å²) < 4.78 is 0.816. The lowest BCUT2D eigenvalue weighted by atomic mass is 10.1. The van der Waals surface area contributed by atoms with Gasteiger partial charge in [-0.15, -0.1) is 0 Å². The van der Waals surface area contributed by atoms with E-state index >= 15 is 0 Å². The fraction of sp³-hybridized carbons (Fsp3) is 0.400. The molecular weight excluding hydrogens is 293 g/mol. The number of piperidine rings is 1. The van der Waals surface area contributed by atoms with E-state index in [2.05, 4.69) is 31.5 Å². The molecule has 0 bridgehead atoms. The highest BCUT2D eigenvalue weighted by atomic mass is 79.9. The molecule has 1 amide bonds. The minimum absolute atomic E-state index is 0.00651. The highest BCUT2D eigenvalue weighted by Gasteiger charge is 2.22. The van der Waals surface area contributed by atoms with E-state index in [4.69, 9.17) is 11.6 Å². The molecule has 2 N–H and O–H groups in total. The minimum Gasteiger partial charge on any atom is -0.357 e. The van der Waals surface area contributed by atoms with Gasteiger partial charge in [0, 0.05) is 17.2 Å². The maximum absolute atomic E-state index is 11.5. The summed E-state index contributed by atoms with van der Waals surface area (Å²) in [5.74, 6) is 0.555. The Morgan fingerprint density at radius 2 is 2.44 bits per heavy atom. The molecule has 1 aliphatic rings. The molecule has 1 unspecified atom stereocenters. The van der Waals surface area contributed by atoms with E-state index in [1.807, 2.05) is 0 Å². The van der Waals surface area contributed by atoms with Gasteiger partial charge in [-0.25, -0.2) is 4.98 Å². The van der Waals surface area contributed by atoms with Crippen LogP contribution >= 0.6 is 27.5 Å². The maximum Gasteiger partial charge on any atom is 0.242 e. The Kier molecular flexibility index (Phi) is 3.66. The third-order valence-electron chi connectivity index (χ3n) is 2.40. The lowest BCUT2D eigenvalue weighted by Gasteiger charge is -2.23. The van der Waals surface area contributed by atoms with Gasteiger partial charge < -0.3 is 10.6 Å². The SMILES string of the molecule is O=C1NCCCC1Nc1ncc(Br)cc1Cl. The van der Waals surface area contributed by atoms with Crippen molar-refractivity contribution in [3.63, 3.8) is 0 Å². The van der Waals surface area contributed by atoms with Crippen molar-refractivity contribution >= 4 is 39.3 Å². The molecule has 4 nitrogen and oxygen atoms in total. The molecule has 0 aliphatic carbocycles. The zero-order valence-electron chi connectivity index (χ0n) is 8.46. The quantitative estimate of drug-likeness (QED) is 0.880. The van der Waals surface area contributed by atoms with Gasteiger partial charge in [0.25, 0.3) is 0 Å². The Balaban J connectivity index is 2.10. The number of carbonyl (C=O) groups is 1. The van der Waals surface area contributed by atoms with Crippen LogP contribution in [0.3, 0.4) is 0 Å². The van der Waals surface area contributed by atoms with Gasteiger partial charge in [0.05, 0.1) is 5.02 Å². The van der Waals surface area contributed by atoms with Crippen molar-refractivity contribution in [2.45, 2.75) is 18.9 Å². The van der Waals surface area contributed by atoms with Crippen molar-refractivity contribution in [3.8, 4) is 0 Å². The van der Waals surface area contributed by atoms with Gasteiger partial charge in [-0.2, -0.15) is 0 Å². The van der Waals surface area contributed by atoms with E-state index in [-0.39, 0.29) is 11.9 Å². The fourth-order valence-corrected chi connectivity index (χ4v) is 2.28. The molecule has 1 atom stereocenters. The van der Waals surface area contributed by atoms with E-state index in [9.17, 15) is 4.79 Å². The third-order valence-corrected chi connectivity index (χ3v) is 3.13. The molecule has 1 aromatic heterocycles. The van der Waals surface area contributed by atoms with E-state index < -0.39 is 0 Å². The molecule has 0 radical (unpaired) electrons. The third kappa shape index (κ3) is 2.65. The predicted molar refractivity (Wildman–Crippen MR) is 66.6 cm³/mol. The van der Waals surface area contributed by atoms with Gasteiger partial charge in [0.2, 0.25) is 5.91 Å². The van der Waals surface area contributed by atoms with Crippen molar-refractivity contribution in [2.24, 2.45) is 0 Å². The second kappa shape index (κ2) is 5.01. The Labute approximate surface area is 107 Å². The van der Waals surface area contributed by atoms with Gasteiger partial charge >= 0.3 is 0 Å². The number of rotatable bonds is 2. The van der Waals surface area contributed by atoms with Crippen molar-refractivity contribution < 1.29 is 4.79 Å². The number of pyridine rings is 1. The Morgan fingerprint density at radius 3 is 3.12 bits per heavy atom.